The minimum absolute atomic E-state index is 0. The zero-order chi connectivity index (χ0) is 17.4. The van der Waals surface area contributed by atoms with Crippen molar-refractivity contribution < 1.29 is 4.79 Å². The quantitative estimate of drug-likeness (QED) is 0.782. The second-order valence-electron chi connectivity index (χ2n) is 6.69. The van der Waals surface area contributed by atoms with Gasteiger partial charge >= 0.3 is 0 Å². The number of hydrogen-bond acceptors (Lipinski definition) is 4. The summed E-state index contributed by atoms with van der Waals surface area (Å²) in [4.78, 5) is 29.4. The lowest BCUT2D eigenvalue weighted by atomic mass is 9.84. The summed E-state index contributed by atoms with van der Waals surface area (Å²) >= 11 is 5.80. The molecule has 1 fully saturated rings. The van der Waals surface area contributed by atoms with Gasteiger partial charge in [0, 0.05) is 30.9 Å². The van der Waals surface area contributed by atoms with Crippen LogP contribution in [-0.2, 0) is 13.1 Å². The fourth-order valence-electron chi connectivity index (χ4n) is 3.74. The van der Waals surface area contributed by atoms with Gasteiger partial charge in [-0.3, -0.25) is 14.6 Å². The van der Waals surface area contributed by atoms with Gasteiger partial charge in [-0.15, -0.1) is 24.8 Å². The number of nitrogens with zero attached hydrogens (tertiary/aromatic N) is 2. The third kappa shape index (κ3) is 4.46. The predicted molar refractivity (Wildman–Crippen MR) is 109 cm³/mol. The van der Waals surface area contributed by atoms with Gasteiger partial charge in [0.25, 0.3) is 11.5 Å². The number of halogens is 3. The highest BCUT2D eigenvalue weighted by atomic mass is 35.5. The summed E-state index contributed by atoms with van der Waals surface area (Å²) in [5.41, 5.74) is 1.71. The van der Waals surface area contributed by atoms with E-state index in [-0.39, 0.29) is 48.4 Å². The van der Waals surface area contributed by atoms with Gasteiger partial charge in [-0.05, 0) is 43.1 Å². The van der Waals surface area contributed by atoms with Gasteiger partial charge in [0.2, 0.25) is 0 Å². The molecule has 2 aromatic rings. The first-order chi connectivity index (χ1) is 12.1. The summed E-state index contributed by atoms with van der Waals surface area (Å²) in [6.45, 7) is 2.76. The van der Waals surface area contributed by atoms with Crippen LogP contribution in [0.25, 0.3) is 0 Å². The Bertz CT molecular complexity index is 870. The van der Waals surface area contributed by atoms with Crippen molar-refractivity contribution in [3.05, 3.63) is 62.8 Å². The molecule has 0 saturated carbocycles. The fourth-order valence-corrected chi connectivity index (χ4v) is 3.85. The van der Waals surface area contributed by atoms with E-state index in [1.807, 2.05) is 6.07 Å². The Morgan fingerprint density at radius 2 is 2.07 bits per heavy atom. The normalized spacial score (nSPS) is 19.9. The molecule has 0 spiro atoms. The van der Waals surface area contributed by atoms with E-state index < -0.39 is 0 Å². The largest absolute Gasteiger partial charge is 0.346 e. The number of piperidine rings is 1. The topological polar surface area (TPSA) is 76.0 Å². The molecule has 0 radical (unpaired) electrons. The fraction of sp³-hybridized carbons (Fsp3) is 0.389. The zero-order valence-corrected chi connectivity index (χ0v) is 16.9. The molecule has 0 aliphatic carbocycles. The first kappa shape index (κ1) is 21.7. The molecule has 4 heterocycles. The lowest BCUT2D eigenvalue weighted by Crippen LogP contribution is -2.46. The smallest absolute Gasteiger partial charge is 0.263 e. The molecule has 6 nitrogen and oxygen atoms in total. The first-order valence-corrected chi connectivity index (χ1v) is 8.82. The Morgan fingerprint density at radius 1 is 1.26 bits per heavy atom. The molecule has 0 aromatic carbocycles. The number of rotatable bonds is 3. The van der Waals surface area contributed by atoms with Crippen LogP contribution in [0.5, 0.6) is 0 Å². The van der Waals surface area contributed by atoms with Crippen molar-refractivity contribution in [2.24, 2.45) is 5.92 Å². The van der Waals surface area contributed by atoms with Crippen LogP contribution < -0.4 is 16.2 Å². The average molecular weight is 432 g/mol. The number of hydrogen-bond donors (Lipinski definition) is 2. The molecule has 1 amide bonds. The second kappa shape index (κ2) is 9.06. The van der Waals surface area contributed by atoms with Crippen LogP contribution in [0.1, 0.15) is 34.1 Å². The molecule has 2 aromatic heterocycles. The van der Waals surface area contributed by atoms with Gasteiger partial charge in [-0.2, -0.15) is 0 Å². The Balaban J connectivity index is 0.00000131. The number of nitrogens with one attached hydrogen (secondary N) is 2. The standard InChI is InChI=1S/C18H19ClN4O2.2ClH/c19-13-1-2-14(21-8-13)9-22-17(24)15-3-4-16-12-5-11(6-20-7-12)10-23(16)18(15)25;;/h1-4,8,11-12,20H,5-7,9-10H2,(H,22,24);2*1H/t11-,12+;;/m0../s1. The maximum atomic E-state index is 12.8. The average Bonchev–Trinajstić information content (AvgIpc) is 2.62. The summed E-state index contributed by atoms with van der Waals surface area (Å²) in [5.74, 6) is 0.446. The van der Waals surface area contributed by atoms with Crippen LogP contribution in [0, 0.1) is 5.92 Å². The van der Waals surface area contributed by atoms with E-state index in [0.29, 0.717) is 29.1 Å². The number of carbonyl (C=O) groups excluding carboxylic acids is 1. The predicted octanol–water partition coefficient (Wildman–Crippen LogP) is 2.38. The molecule has 146 valence electrons. The van der Waals surface area contributed by atoms with Crippen LogP contribution in [0.2, 0.25) is 5.02 Å². The SMILES string of the molecule is Cl.Cl.O=C(NCc1ccc(Cl)cn1)c1ccc2n(c1=O)C[C@@H]1CNC[C@H]2C1. The van der Waals surface area contributed by atoms with Gasteiger partial charge in [0.1, 0.15) is 5.56 Å². The van der Waals surface area contributed by atoms with Crippen LogP contribution in [0.4, 0.5) is 0 Å². The van der Waals surface area contributed by atoms with Crippen LogP contribution in [-0.4, -0.2) is 28.5 Å². The lowest BCUT2D eigenvalue weighted by Gasteiger charge is -2.37. The van der Waals surface area contributed by atoms with E-state index in [1.165, 1.54) is 6.20 Å². The van der Waals surface area contributed by atoms with Crippen molar-refractivity contribution >= 4 is 42.3 Å². The summed E-state index contributed by atoms with van der Waals surface area (Å²) in [6, 6.07) is 7.03. The highest BCUT2D eigenvalue weighted by Crippen LogP contribution is 2.31. The van der Waals surface area contributed by atoms with Gasteiger partial charge in [0.15, 0.2) is 0 Å². The van der Waals surface area contributed by atoms with Crippen molar-refractivity contribution in [2.45, 2.75) is 25.4 Å². The van der Waals surface area contributed by atoms with Crippen molar-refractivity contribution in [2.75, 3.05) is 13.1 Å². The summed E-state index contributed by atoms with van der Waals surface area (Å²) in [5, 5.41) is 6.72. The monoisotopic (exact) mass is 430 g/mol. The van der Waals surface area contributed by atoms with E-state index in [4.69, 9.17) is 11.6 Å². The molecule has 2 aliphatic rings. The van der Waals surface area contributed by atoms with E-state index in [1.54, 1.807) is 22.8 Å². The molecular formula is C18H21Cl3N4O2. The molecule has 1 saturated heterocycles. The molecule has 2 atom stereocenters. The van der Waals surface area contributed by atoms with Gasteiger partial charge in [0.05, 0.1) is 17.3 Å². The van der Waals surface area contributed by atoms with Crippen LogP contribution in [0.15, 0.2) is 35.3 Å². The number of amides is 1. The van der Waals surface area contributed by atoms with Gasteiger partial charge in [-0.25, -0.2) is 0 Å². The number of pyridine rings is 2. The minimum atomic E-state index is -0.370. The summed E-state index contributed by atoms with van der Waals surface area (Å²) < 4.78 is 1.79. The highest BCUT2D eigenvalue weighted by Gasteiger charge is 2.31. The highest BCUT2D eigenvalue weighted by molar-refractivity contribution is 6.30. The molecule has 9 heteroatoms. The maximum Gasteiger partial charge on any atom is 0.263 e. The Kier molecular flexibility index (Phi) is 7.28. The Hall–Kier alpha value is -1.60. The third-order valence-corrected chi connectivity index (χ3v) is 5.20. The molecule has 2 bridgehead atoms. The summed E-state index contributed by atoms with van der Waals surface area (Å²) in [7, 11) is 0. The molecule has 0 unspecified atom stereocenters. The third-order valence-electron chi connectivity index (χ3n) is 4.97. The van der Waals surface area contributed by atoms with Crippen molar-refractivity contribution in [1.29, 1.82) is 0 Å². The Labute approximate surface area is 174 Å². The molecular weight excluding hydrogens is 411 g/mol. The minimum Gasteiger partial charge on any atom is -0.346 e. The number of aromatic nitrogens is 2. The van der Waals surface area contributed by atoms with E-state index in [2.05, 4.69) is 15.6 Å². The number of carbonyl (C=O) groups is 1. The molecule has 2 N–H and O–H groups in total. The van der Waals surface area contributed by atoms with Gasteiger partial charge < -0.3 is 15.2 Å². The molecule has 4 rings (SSSR count). The van der Waals surface area contributed by atoms with Crippen LogP contribution >= 0.6 is 36.4 Å². The maximum absolute atomic E-state index is 12.8. The second-order valence-corrected chi connectivity index (χ2v) is 7.13. The van der Waals surface area contributed by atoms with E-state index in [0.717, 1.165) is 25.2 Å². The van der Waals surface area contributed by atoms with Crippen LogP contribution in [0.3, 0.4) is 0 Å². The van der Waals surface area contributed by atoms with Crippen molar-refractivity contribution in [3.8, 4) is 0 Å². The lowest BCUT2D eigenvalue weighted by molar-refractivity contribution is 0.0947. The number of fused-ring (bicyclic) bond motifs is 4. The van der Waals surface area contributed by atoms with E-state index in [9.17, 15) is 9.59 Å². The van der Waals surface area contributed by atoms with E-state index >= 15 is 0 Å². The van der Waals surface area contributed by atoms with Crippen molar-refractivity contribution in [3.63, 3.8) is 0 Å². The zero-order valence-electron chi connectivity index (χ0n) is 14.5. The summed E-state index contributed by atoms with van der Waals surface area (Å²) in [6.07, 6.45) is 2.64. The van der Waals surface area contributed by atoms with Crippen molar-refractivity contribution in [1.82, 2.24) is 20.2 Å². The van der Waals surface area contributed by atoms with Gasteiger partial charge in [-0.1, -0.05) is 11.6 Å². The molecule has 2 aliphatic heterocycles. The first-order valence-electron chi connectivity index (χ1n) is 8.45. The Morgan fingerprint density at radius 3 is 2.81 bits per heavy atom. The molecule has 27 heavy (non-hydrogen) atoms.